The van der Waals surface area contributed by atoms with Crippen molar-refractivity contribution in [2.24, 2.45) is 0 Å². The maximum absolute atomic E-state index is 13.6. The van der Waals surface area contributed by atoms with Crippen molar-refractivity contribution in [2.75, 3.05) is 41.7 Å². The van der Waals surface area contributed by atoms with Crippen molar-refractivity contribution in [1.29, 1.82) is 0 Å². The van der Waals surface area contributed by atoms with Gasteiger partial charge in [-0.25, -0.2) is 45.6 Å². The fourth-order valence-electron chi connectivity index (χ4n) is 9.15. The molecule has 6 aromatic rings. The fraction of sp³-hybridized carbons (Fsp3) is 0.520. The fourth-order valence-corrected chi connectivity index (χ4v) is 12.3. The Hall–Kier alpha value is -6.24. The molecule has 6 heterocycles. The number of ether oxygens (including phenoxy) is 6. The number of benzene rings is 2. The van der Waals surface area contributed by atoms with Gasteiger partial charge in [0.2, 0.25) is 0 Å². The standard InChI is InChI=1S/2C25H32FN5O5S/c2*1-15(23-27-11-18(26)12-28-23)16(2)37(32,33)14-21-29-30-24(17-10-25(3,4)36-13-17)31(21)22-19(34-5)8-7-9-20(22)35-6/h2*7-9,11-12,15-17H,10,13-14H2,1-6H3/t15-,16-,17+;15-,16-,17-/m00/s1. The van der Waals surface area contributed by atoms with E-state index in [1.165, 1.54) is 28.4 Å². The Balaban J connectivity index is 0.000000216. The number of para-hydroxylation sites is 2. The smallest absolute Gasteiger partial charge is 0.160 e. The molecular weight excluding hydrogens is 1000 g/mol. The van der Waals surface area contributed by atoms with E-state index in [0.717, 1.165) is 24.8 Å². The van der Waals surface area contributed by atoms with Gasteiger partial charge in [0.25, 0.3) is 0 Å². The van der Waals surface area contributed by atoms with Crippen LogP contribution >= 0.6 is 0 Å². The van der Waals surface area contributed by atoms with E-state index in [4.69, 9.17) is 28.4 Å². The Morgan fingerprint density at radius 3 is 1.15 bits per heavy atom. The van der Waals surface area contributed by atoms with Gasteiger partial charge in [0.15, 0.2) is 43.0 Å². The minimum absolute atomic E-state index is 0.113. The van der Waals surface area contributed by atoms with Crippen LogP contribution in [0.4, 0.5) is 8.78 Å². The summed E-state index contributed by atoms with van der Waals surface area (Å²) >= 11 is 0. The highest BCUT2D eigenvalue weighted by Gasteiger charge is 2.41. The molecule has 0 spiro atoms. The van der Waals surface area contributed by atoms with Crippen LogP contribution in [0.2, 0.25) is 0 Å². The molecule has 400 valence electrons. The van der Waals surface area contributed by atoms with Crippen LogP contribution in [0.25, 0.3) is 11.4 Å². The van der Waals surface area contributed by atoms with Gasteiger partial charge < -0.3 is 28.4 Å². The molecule has 24 heteroatoms. The minimum Gasteiger partial charge on any atom is -0.494 e. The molecule has 2 fully saturated rings. The first-order chi connectivity index (χ1) is 34.9. The monoisotopic (exact) mass is 1070 g/mol. The summed E-state index contributed by atoms with van der Waals surface area (Å²) in [5.74, 6) is 0.670. The number of halogens is 2. The summed E-state index contributed by atoms with van der Waals surface area (Å²) in [7, 11) is -1.43. The molecule has 2 saturated heterocycles. The molecule has 74 heavy (non-hydrogen) atoms. The van der Waals surface area contributed by atoms with Gasteiger partial charge in [-0.3, -0.25) is 9.13 Å². The van der Waals surface area contributed by atoms with Crippen molar-refractivity contribution in [2.45, 2.75) is 125 Å². The highest BCUT2D eigenvalue weighted by atomic mass is 32.2. The van der Waals surface area contributed by atoms with Crippen molar-refractivity contribution >= 4 is 19.7 Å². The van der Waals surface area contributed by atoms with Crippen LogP contribution in [0.1, 0.15) is 127 Å². The number of aromatic nitrogens is 10. The largest absolute Gasteiger partial charge is 0.494 e. The van der Waals surface area contributed by atoms with Crippen molar-refractivity contribution in [3.8, 4) is 34.4 Å². The van der Waals surface area contributed by atoms with Crippen LogP contribution in [-0.4, -0.2) is 130 Å². The van der Waals surface area contributed by atoms with Gasteiger partial charge in [-0.05, 0) is 78.6 Å². The lowest BCUT2D eigenvalue weighted by molar-refractivity contribution is 0.0356. The topological polar surface area (TPSA) is 237 Å². The SMILES string of the molecule is COc1cccc(OC)c1-n1c(CS(=O)(=O)[C@@H](C)[C@H](C)c2ncc(F)cn2)nnc1[C@@H]1COC(C)(C)C1.COc1cccc(OC)c1-n1c(CS(=O)(=O)[C@@H](C)[C@H](C)c2ncc(F)cn2)nnc1[C@H]1COC(C)(C)C1. The summed E-state index contributed by atoms with van der Waals surface area (Å²) in [6, 6.07) is 10.7. The second-order valence-corrected chi connectivity index (χ2v) is 24.4. The van der Waals surface area contributed by atoms with Crippen LogP contribution < -0.4 is 18.9 Å². The first-order valence-electron chi connectivity index (χ1n) is 23.9. The number of hydrogen-bond acceptors (Lipinski definition) is 18. The Kier molecular flexibility index (Phi) is 16.7. The quantitative estimate of drug-likeness (QED) is 0.0826. The molecular formula is C50H64F2N10O10S2. The molecule has 0 aliphatic carbocycles. The average molecular weight is 1070 g/mol. The number of nitrogens with zero attached hydrogens (tertiary/aromatic N) is 10. The molecule has 0 N–H and O–H groups in total. The van der Waals surface area contributed by atoms with Gasteiger partial charge in [-0.15, -0.1) is 20.4 Å². The third kappa shape index (κ3) is 12.0. The van der Waals surface area contributed by atoms with Gasteiger partial charge in [0, 0.05) is 23.7 Å². The Labute approximate surface area is 430 Å². The Morgan fingerprint density at radius 1 is 0.568 bits per heavy atom. The summed E-state index contributed by atoms with van der Waals surface area (Å²) in [6.45, 7) is 15.4. The first-order valence-corrected chi connectivity index (χ1v) is 27.3. The van der Waals surface area contributed by atoms with E-state index >= 15 is 0 Å². The second-order valence-electron chi connectivity index (χ2n) is 19.7. The summed E-state index contributed by atoms with van der Waals surface area (Å²) < 4.78 is 119. The van der Waals surface area contributed by atoms with Crippen molar-refractivity contribution in [3.63, 3.8) is 0 Å². The highest BCUT2D eigenvalue weighted by Crippen LogP contribution is 2.43. The van der Waals surface area contributed by atoms with E-state index in [1.54, 1.807) is 73.2 Å². The van der Waals surface area contributed by atoms with Crippen LogP contribution in [0.3, 0.4) is 0 Å². The predicted molar refractivity (Wildman–Crippen MR) is 269 cm³/mol. The lowest BCUT2D eigenvalue weighted by Crippen LogP contribution is -2.27. The Bertz CT molecular complexity index is 2890. The van der Waals surface area contributed by atoms with E-state index in [1.807, 2.05) is 27.7 Å². The van der Waals surface area contributed by atoms with Crippen LogP contribution in [0, 0.1) is 11.6 Å². The maximum atomic E-state index is 13.6. The van der Waals surface area contributed by atoms with Crippen molar-refractivity contribution in [1.82, 2.24) is 49.5 Å². The molecule has 2 aliphatic rings. The normalized spacial score (nSPS) is 18.9. The van der Waals surface area contributed by atoms with Crippen molar-refractivity contribution in [3.05, 3.63) is 108 Å². The third-order valence-corrected chi connectivity index (χ3v) is 18.0. The zero-order chi connectivity index (χ0) is 53.9. The average Bonchev–Trinajstić information content (AvgIpc) is 4.17. The van der Waals surface area contributed by atoms with E-state index in [2.05, 4.69) is 40.3 Å². The highest BCUT2D eigenvalue weighted by molar-refractivity contribution is 7.91. The zero-order valence-electron chi connectivity index (χ0n) is 43.6. The zero-order valence-corrected chi connectivity index (χ0v) is 45.2. The predicted octanol–water partition coefficient (Wildman–Crippen LogP) is 7.21. The molecule has 0 saturated carbocycles. The number of hydrogen-bond donors (Lipinski definition) is 0. The Morgan fingerprint density at radius 2 is 0.878 bits per heavy atom. The lowest BCUT2D eigenvalue weighted by Gasteiger charge is -2.21. The van der Waals surface area contributed by atoms with Crippen LogP contribution in [-0.2, 0) is 40.7 Å². The lowest BCUT2D eigenvalue weighted by atomic mass is 9.97. The maximum Gasteiger partial charge on any atom is 0.160 e. The van der Waals surface area contributed by atoms with Crippen LogP contribution in [0.5, 0.6) is 23.0 Å². The number of rotatable bonds is 18. The van der Waals surface area contributed by atoms with Crippen LogP contribution in [0.15, 0.2) is 61.2 Å². The molecule has 4 aromatic heterocycles. The number of methoxy groups -OCH3 is 4. The molecule has 6 atom stereocenters. The molecule has 20 nitrogen and oxygen atoms in total. The molecule has 0 unspecified atom stereocenters. The number of sulfone groups is 2. The molecule has 0 amide bonds. The van der Waals surface area contributed by atoms with E-state index in [9.17, 15) is 25.6 Å². The van der Waals surface area contributed by atoms with E-state index < -0.39 is 65.2 Å². The van der Waals surface area contributed by atoms with Gasteiger partial charge in [-0.2, -0.15) is 0 Å². The summed E-state index contributed by atoms with van der Waals surface area (Å²) in [5, 5.41) is 15.8. The van der Waals surface area contributed by atoms with Gasteiger partial charge in [0.05, 0.1) is 88.1 Å². The molecule has 0 bridgehead atoms. The summed E-state index contributed by atoms with van der Waals surface area (Å²) in [4.78, 5) is 15.9. The molecule has 8 rings (SSSR count). The summed E-state index contributed by atoms with van der Waals surface area (Å²) in [6.07, 6.45) is 5.48. The first kappa shape index (κ1) is 55.5. The molecule has 2 aromatic carbocycles. The summed E-state index contributed by atoms with van der Waals surface area (Å²) in [5.41, 5.74) is 0.338. The van der Waals surface area contributed by atoms with Crippen molar-refractivity contribution < 1.29 is 54.0 Å². The van der Waals surface area contributed by atoms with E-state index in [0.29, 0.717) is 72.1 Å². The van der Waals surface area contributed by atoms with Gasteiger partial charge >= 0.3 is 0 Å². The third-order valence-electron chi connectivity index (χ3n) is 13.6. The van der Waals surface area contributed by atoms with Gasteiger partial charge in [-0.1, -0.05) is 26.0 Å². The second kappa shape index (κ2) is 22.3. The van der Waals surface area contributed by atoms with Gasteiger partial charge in [0.1, 0.15) is 69.2 Å². The van der Waals surface area contributed by atoms with E-state index in [-0.39, 0.29) is 46.3 Å². The minimum atomic E-state index is -3.78. The molecule has 2 aliphatic heterocycles. The molecule has 0 radical (unpaired) electrons.